The summed E-state index contributed by atoms with van der Waals surface area (Å²) in [7, 11) is 0. The normalized spacial score (nSPS) is 18.7. The van der Waals surface area contributed by atoms with E-state index >= 15 is 0 Å². The van der Waals surface area contributed by atoms with Gasteiger partial charge >= 0.3 is 0 Å². The first-order chi connectivity index (χ1) is 11.0. The number of hydrogen-bond donors (Lipinski definition) is 4. The smallest absolute Gasteiger partial charge is 0.164 e. The molecule has 23 heavy (non-hydrogen) atoms. The number of ether oxygens (including phenoxy) is 2. The van der Waals surface area contributed by atoms with E-state index < -0.39 is 12.2 Å². The molecule has 0 fully saturated rings. The second kappa shape index (κ2) is 8.44. The minimum absolute atomic E-state index is 0.153. The van der Waals surface area contributed by atoms with Crippen molar-refractivity contribution in [1.29, 1.82) is 0 Å². The Morgan fingerprint density at radius 2 is 2.17 bits per heavy atom. The Labute approximate surface area is 135 Å². The summed E-state index contributed by atoms with van der Waals surface area (Å²) in [6, 6.07) is 5.74. The predicted molar refractivity (Wildman–Crippen MR) is 80.6 cm³/mol. The summed E-state index contributed by atoms with van der Waals surface area (Å²) >= 11 is 0. The zero-order valence-corrected chi connectivity index (χ0v) is 13.3. The van der Waals surface area contributed by atoms with E-state index in [0.29, 0.717) is 30.5 Å². The molecule has 0 saturated carbocycles. The predicted octanol–water partition coefficient (Wildman–Crippen LogP) is 0.740. The Morgan fingerprint density at radius 3 is 2.87 bits per heavy atom. The Bertz CT molecular complexity index is 497. The lowest BCUT2D eigenvalue weighted by Gasteiger charge is -2.27. The molecule has 0 bridgehead atoms. The van der Waals surface area contributed by atoms with Crippen LogP contribution >= 0.6 is 0 Å². The first-order valence-electron chi connectivity index (χ1n) is 7.59. The van der Waals surface area contributed by atoms with Crippen molar-refractivity contribution in [3.63, 3.8) is 0 Å². The number of rotatable bonds is 8. The summed E-state index contributed by atoms with van der Waals surface area (Å²) in [4.78, 5) is 4.77. The van der Waals surface area contributed by atoms with Crippen LogP contribution < -0.4 is 14.8 Å². The molecule has 0 saturated heterocycles. The molecule has 1 heterocycles. The third kappa shape index (κ3) is 5.61. The van der Waals surface area contributed by atoms with Crippen LogP contribution in [0.1, 0.15) is 19.4 Å². The number of aliphatic hydroxyl groups excluding tert-OH is 1. The molecule has 4 N–H and O–H groups in total. The maximum Gasteiger partial charge on any atom is 0.164 e. The van der Waals surface area contributed by atoms with Gasteiger partial charge in [-0.25, -0.2) is 4.84 Å². The molecule has 0 spiro atoms. The standard InChI is InChI=1S/C15H24N2O6/c1-10(2)16-7-12(18)8-21-14-5-3-4-11-6-13(23-17(19)20)9-22-15(11)14/h3-5,10,12-13,16,18-20H,6-9H2,1-2H3. The van der Waals surface area contributed by atoms with Gasteiger partial charge in [-0.05, 0) is 6.07 Å². The molecule has 8 heteroatoms. The minimum Gasteiger partial charge on any atom is -0.487 e. The molecule has 2 atom stereocenters. The van der Waals surface area contributed by atoms with Crippen molar-refractivity contribution in [1.82, 2.24) is 10.7 Å². The van der Waals surface area contributed by atoms with Crippen molar-refractivity contribution in [3.05, 3.63) is 23.8 Å². The number of nitrogens with zero attached hydrogens (tertiary/aromatic N) is 1. The van der Waals surface area contributed by atoms with Crippen LogP contribution in [0.2, 0.25) is 0 Å². The summed E-state index contributed by atoms with van der Waals surface area (Å²) in [5, 5.41) is 30.1. The van der Waals surface area contributed by atoms with Crippen LogP contribution in [0.15, 0.2) is 18.2 Å². The lowest BCUT2D eigenvalue weighted by atomic mass is 10.0. The summed E-state index contributed by atoms with van der Waals surface area (Å²) in [6.07, 6.45) is -0.652. The van der Waals surface area contributed by atoms with Gasteiger partial charge in [0.2, 0.25) is 0 Å². The first-order valence-corrected chi connectivity index (χ1v) is 7.59. The third-order valence-electron chi connectivity index (χ3n) is 3.36. The molecule has 130 valence electrons. The Morgan fingerprint density at radius 1 is 1.39 bits per heavy atom. The number of benzene rings is 1. The van der Waals surface area contributed by atoms with Gasteiger partial charge in [-0.15, -0.1) is 0 Å². The Kier molecular flexibility index (Phi) is 6.58. The SMILES string of the molecule is CC(C)NCC(O)COc1cccc2c1OCC(ON(O)O)C2. The molecule has 8 nitrogen and oxygen atoms in total. The summed E-state index contributed by atoms with van der Waals surface area (Å²) in [5.41, 5.74) is 0.843. The van der Waals surface area contributed by atoms with E-state index in [1.807, 2.05) is 26.0 Å². The molecule has 1 aromatic rings. The molecule has 0 radical (unpaired) electrons. The minimum atomic E-state index is -0.620. The van der Waals surface area contributed by atoms with Crippen LogP contribution in [0.25, 0.3) is 0 Å². The van der Waals surface area contributed by atoms with Crippen LogP contribution in [0.5, 0.6) is 11.5 Å². The van der Waals surface area contributed by atoms with Gasteiger partial charge in [-0.2, -0.15) is 0 Å². The molecule has 0 aromatic heterocycles. The van der Waals surface area contributed by atoms with Gasteiger partial charge in [0.15, 0.2) is 11.5 Å². The number of fused-ring (bicyclic) bond motifs is 1. The fourth-order valence-electron chi connectivity index (χ4n) is 2.30. The number of hydrogen-bond acceptors (Lipinski definition) is 8. The van der Waals surface area contributed by atoms with E-state index in [0.717, 1.165) is 5.56 Å². The van der Waals surface area contributed by atoms with Crippen molar-refractivity contribution in [2.75, 3.05) is 19.8 Å². The van der Waals surface area contributed by atoms with E-state index in [-0.39, 0.29) is 18.6 Å². The van der Waals surface area contributed by atoms with Gasteiger partial charge < -0.3 is 19.9 Å². The van der Waals surface area contributed by atoms with Crippen molar-refractivity contribution < 1.29 is 29.8 Å². The fraction of sp³-hybridized carbons (Fsp3) is 0.600. The highest BCUT2D eigenvalue weighted by Crippen LogP contribution is 2.35. The molecule has 2 unspecified atom stereocenters. The number of aliphatic hydroxyl groups is 1. The summed E-state index contributed by atoms with van der Waals surface area (Å²) < 4.78 is 11.3. The highest BCUT2D eigenvalue weighted by Gasteiger charge is 2.25. The molecule has 1 aliphatic rings. The Hall–Kier alpha value is -1.42. The van der Waals surface area contributed by atoms with Gasteiger partial charge in [-0.3, -0.25) is 10.4 Å². The van der Waals surface area contributed by atoms with Crippen LogP contribution in [0, 0.1) is 0 Å². The topological polar surface area (TPSA) is 104 Å². The molecule has 1 aromatic carbocycles. The van der Waals surface area contributed by atoms with Crippen molar-refractivity contribution in [2.24, 2.45) is 0 Å². The number of para-hydroxylation sites is 1. The maximum atomic E-state index is 9.90. The van der Waals surface area contributed by atoms with E-state index in [4.69, 9.17) is 24.7 Å². The zero-order chi connectivity index (χ0) is 16.8. The summed E-state index contributed by atoms with van der Waals surface area (Å²) in [6.45, 7) is 4.79. The quantitative estimate of drug-likeness (QED) is 0.518. The van der Waals surface area contributed by atoms with Crippen LogP contribution in [-0.4, -0.2) is 58.9 Å². The fourth-order valence-corrected chi connectivity index (χ4v) is 2.30. The second-order valence-electron chi connectivity index (χ2n) is 5.77. The van der Waals surface area contributed by atoms with Crippen LogP contribution in [0.3, 0.4) is 0 Å². The lowest BCUT2D eigenvalue weighted by molar-refractivity contribution is -0.505. The van der Waals surface area contributed by atoms with Gasteiger partial charge in [-0.1, -0.05) is 26.0 Å². The summed E-state index contributed by atoms with van der Waals surface area (Å²) in [5.74, 6) is 1.15. The second-order valence-corrected chi connectivity index (χ2v) is 5.77. The highest BCUT2D eigenvalue weighted by molar-refractivity contribution is 5.48. The van der Waals surface area contributed by atoms with E-state index in [2.05, 4.69) is 5.32 Å². The molecule has 2 rings (SSSR count). The molecular weight excluding hydrogens is 304 g/mol. The van der Waals surface area contributed by atoms with E-state index in [1.54, 1.807) is 6.07 Å². The van der Waals surface area contributed by atoms with Gasteiger partial charge in [0, 0.05) is 24.6 Å². The van der Waals surface area contributed by atoms with Crippen LogP contribution in [0.4, 0.5) is 0 Å². The molecule has 0 aliphatic carbocycles. The largest absolute Gasteiger partial charge is 0.487 e. The van der Waals surface area contributed by atoms with Gasteiger partial charge in [0.25, 0.3) is 0 Å². The van der Waals surface area contributed by atoms with E-state index in [1.165, 1.54) is 0 Å². The van der Waals surface area contributed by atoms with Crippen molar-refractivity contribution in [3.8, 4) is 11.5 Å². The maximum absolute atomic E-state index is 9.90. The Balaban J connectivity index is 1.92. The molecular formula is C15H24N2O6. The van der Waals surface area contributed by atoms with Crippen molar-refractivity contribution >= 4 is 0 Å². The number of nitrogens with one attached hydrogen (secondary N) is 1. The van der Waals surface area contributed by atoms with E-state index in [9.17, 15) is 5.11 Å². The molecule has 1 aliphatic heterocycles. The molecule has 0 amide bonds. The zero-order valence-electron chi connectivity index (χ0n) is 13.3. The average molecular weight is 328 g/mol. The van der Waals surface area contributed by atoms with Crippen LogP contribution in [-0.2, 0) is 11.3 Å². The highest BCUT2D eigenvalue weighted by atomic mass is 17.1. The lowest BCUT2D eigenvalue weighted by Crippen LogP contribution is -2.35. The van der Waals surface area contributed by atoms with Gasteiger partial charge in [0.05, 0.1) is 5.39 Å². The van der Waals surface area contributed by atoms with Gasteiger partial charge in [0.1, 0.15) is 25.4 Å². The average Bonchev–Trinajstić information content (AvgIpc) is 2.49. The monoisotopic (exact) mass is 328 g/mol. The first kappa shape index (κ1) is 17.9. The third-order valence-corrected chi connectivity index (χ3v) is 3.36. The van der Waals surface area contributed by atoms with Crippen molar-refractivity contribution in [2.45, 2.75) is 38.5 Å².